The van der Waals surface area contributed by atoms with Crippen molar-refractivity contribution in [1.82, 2.24) is 0 Å². The van der Waals surface area contributed by atoms with Crippen molar-refractivity contribution in [2.24, 2.45) is 0 Å². The van der Waals surface area contributed by atoms with Crippen LogP contribution in [0.2, 0.25) is 0 Å². The Balaban J connectivity index is 4.21. The molecule has 3 heteroatoms. The van der Waals surface area contributed by atoms with Crippen LogP contribution in [-0.4, -0.2) is 31.8 Å². The van der Waals surface area contributed by atoms with Gasteiger partial charge in [0.1, 0.15) is 11.9 Å². The largest absolute Gasteiger partial charge is 0.498 e. The summed E-state index contributed by atoms with van der Waals surface area (Å²) in [6.45, 7) is 6.32. The van der Waals surface area contributed by atoms with Crippen LogP contribution in [0, 0.1) is 0 Å². The predicted octanol–water partition coefficient (Wildman–Crippen LogP) is 3.64. The van der Waals surface area contributed by atoms with E-state index in [-0.39, 0.29) is 6.10 Å². The molecule has 0 fully saturated rings. The Labute approximate surface area is 104 Å². The molecule has 0 aromatic heterocycles. The van der Waals surface area contributed by atoms with E-state index < -0.39 is 0 Å². The SMILES string of the molecule is CCSCC/C(C)=C/C=C(/OC)C(C)OC. The van der Waals surface area contributed by atoms with Gasteiger partial charge in [0.05, 0.1) is 7.11 Å². The molecule has 0 aromatic carbocycles. The molecular weight excluding hydrogens is 220 g/mol. The zero-order valence-electron chi connectivity index (χ0n) is 11.1. The third-order valence-corrected chi connectivity index (χ3v) is 3.27. The molecule has 94 valence electrons. The molecule has 0 aliphatic carbocycles. The normalized spacial score (nSPS) is 15.1. The standard InChI is InChI=1S/C13H24O2S/c1-6-16-10-9-11(2)7-8-13(15-5)12(3)14-4/h7-8,12H,6,9-10H2,1-5H3/b11-7+,13-8+. The number of hydrogen-bond donors (Lipinski definition) is 0. The summed E-state index contributed by atoms with van der Waals surface area (Å²) in [6, 6.07) is 0. The monoisotopic (exact) mass is 244 g/mol. The average molecular weight is 244 g/mol. The van der Waals surface area contributed by atoms with Gasteiger partial charge in [0, 0.05) is 7.11 Å². The molecule has 1 unspecified atom stereocenters. The fraction of sp³-hybridized carbons (Fsp3) is 0.692. The minimum atomic E-state index is 0.0130. The van der Waals surface area contributed by atoms with E-state index in [4.69, 9.17) is 9.47 Å². The van der Waals surface area contributed by atoms with Gasteiger partial charge in [0.25, 0.3) is 0 Å². The lowest BCUT2D eigenvalue weighted by molar-refractivity contribution is 0.0917. The molecule has 16 heavy (non-hydrogen) atoms. The van der Waals surface area contributed by atoms with Crippen LogP contribution in [0.15, 0.2) is 23.5 Å². The highest BCUT2D eigenvalue weighted by Crippen LogP contribution is 2.11. The van der Waals surface area contributed by atoms with Gasteiger partial charge in [-0.25, -0.2) is 0 Å². The maximum absolute atomic E-state index is 5.27. The highest BCUT2D eigenvalue weighted by molar-refractivity contribution is 7.99. The number of allylic oxidation sites excluding steroid dienone is 3. The summed E-state index contributed by atoms with van der Waals surface area (Å²) in [5.41, 5.74) is 1.37. The average Bonchev–Trinajstić information content (AvgIpc) is 2.29. The molecule has 0 bridgehead atoms. The van der Waals surface area contributed by atoms with Crippen LogP contribution >= 0.6 is 11.8 Å². The van der Waals surface area contributed by atoms with Crippen molar-refractivity contribution in [3.63, 3.8) is 0 Å². The summed E-state index contributed by atoms with van der Waals surface area (Å²) in [5.74, 6) is 3.24. The third kappa shape index (κ3) is 6.96. The Morgan fingerprint density at radius 1 is 1.31 bits per heavy atom. The highest BCUT2D eigenvalue weighted by atomic mass is 32.2. The van der Waals surface area contributed by atoms with Crippen LogP contribution in [-0.2, 0) is 9.47 Å². The number of ether oxygens (including phenoxy) is 2. The van der Waals surface area contributed by atoms with Crippen LogP contribution in [0.5, 0.6) is 0 Å². The number of methoxy groups -OCH3 is 2. The van der Waals surface area contributed by atoms with Crippen LogP contribution in [0.3, 0.4) is 0 Å². The van der Waals surface area contributed by atoms with Gasteiger partial charge < -0.3 is 9.47 Å². The van der Waals surface area contributed by atoms with Gasteiger partial charge in [0.2, 0.25) is 0 Å². The van der Waals surface area contributed by atoms with E-state index in [2.05, 4.69) is 19.9 Å². The Morgan fingerprint density at radius 2 is 2.00 bits per heavy atom. The number of thioether (sulfide) groups is 1. The van der Waals surface area contributed by atoms with Crippen LogP contribution in [0.1, 0.15) is 27.2 Å². The summed E-state index contributed by atoms with van der Waals surface area (Å²) in [5, 5.41) is 0. The smallest absolute Gasteiger partial charge is 0.124 e. The Kier molecular flexibility index (Phi) is 9.54. The third-order valence-electron chi connectivity index (χ3n) is 2.37. The van der Waals surface area contributed by atoms with Crippen molar-refractivity contribution < 1.29 is 9.47 Å². The first-order valence-corrected chi connectivity index (χ1v) is 6.83. The fourth-order valence-electron chi connectivity index (χ4n) is 1.17. The molecule has 0 spiro atoms. The van der Waals surface area contributed by atoms with Crippen molar-refractivity contribution in [3.8, 4) is 0 Å². The molecule has 1 atom stereocenters. The lowest BCUT2D eigenvalue weighted by Crippen LogP contribution is -2.09. The van der Waals surface area contributed by atoms with Gasteiger partial charge in [-0.05, 0) is 37.9 Å². The Morgan fingerprint density at radius 3 is 2.50 bits per heavy atom. The van der Waals surface area contributed by atoms with Gasteiger partial charge in [-0.15, -0.1) is 0 Å². The number of rotatable bonds is 8. The molecule has 0 saturated heterocycles. The second-order valence-corrected chi connectivity index (χ2v) is 5.00. The molecular formula is C13H24O2S. The van der Waals surface area contributed by atoms with Gasteiger partial charge in [-0.3, -0.25) is 0 Å². The minimum Gasteiger partial charge on any atom is -0.498 e. The summed E-state index contributed by atoms with van der Waals surface area (Å²) >= 11 is 1.97. The predicted molar refractivity (Wildman–Crippen MR) is 72.9 cm³/mol. The van der Waals surface area contributed by atoms with Crippen molar-refractivity contribution in [2.75, 3.05) is 25.7 Å². The van der Waals surface area contributed by atoms with E-state index >= 15 is 0 Å². The minimum absolute atomic E-state index is 0.0130. The summed E-state index contributed by atoms with van der Waals surface area (Å²) < 4.78 is 10.5. The second kappa shape index (κ2) is 9.79. The Hall–Kier alpha value is -0.410. The first-order valence-electron chi connectivity index (χ1n) is 5.67. The summed E-state index contributed by atoms with van der Waals surface area (Å²) in [7, 11) is 3.36. The molecule has 0 aliphatic rings. The van der Waals surface area contributed by atoms with Gasteiger partial charge in [0.15, 0.2) is 0 Å². The lowest BCUT2D eigenvalue weighted by atomic mass is 10.2. The highest BCUT2D eigenvalue weighted by Gasteiger charge is 2.05. The summed E-state index contributed by atoms with van der Waals surface area (Å²) in [4.78, 5) is 0. The van der Waals surface area contributed by atoms with Crippen LogP contribution < -0.4 is 0 Å². The van der Waals surface area contributed by atoms with Crippen molar-refractivity contribution in [3.05, 3.63) is 23.5 Å². The van der Waals surface area contributed by atoms with E-state index in [0.29, 0.717) is 0 Å². The zero-order valence-corrected chi connectivity index (χ0v) is 11.9. The van der Waals surface area contributed by atoms with E-state index in [1.54, 1.807) is 14.2 Å². The Bertz CT molecular complexity index is 234. The quantitative estimate of drug-likeness (QED) is 0.369. The molecule has 0 radical (unpaired) electrons. The van der Waals surface area contributed by atoms with E-state index in [1.807, 2.05) is 24.8 Å². The second-order valence-electron chi connectivity index (χ2n) is 3.61. The van der Waals surface area contributed by atoms with Crippen molar-refractivity contribution in [2.45, 2.75) is 33.3 Å². The molecule has 0 aliphatic heterocycles. The topological polar surface area (TPSA) is 18.5 Å². The maximum Gasteiger partial charge on any atom is 0.124 e. The fourth-order valence-corrected chi connectivity index (χ4v) is 1.93. The van der Waals surface area contributed by atoms with E-state index in [1.165, 1.54) is 17.1 Å². The first kappa shape index (κ1) is 15.6. The molecule has 2 nitrogen and oxygen atoms in total. The molecule has 0 rings (SSSR count). The van der Waals surface area contributed by atoms with Crippen LogP contribution in [0.4, 0.5) is 0 Å². The molecule has 0 aromatic rings. The van der Waals surface area contributed by atoms with Gasteiger partial charge in [-0.2, -0.15) is 11.8 Å². The van der Waals surface area contributed by atoms with Crippen LogP contribution in [0.25, 0.3) is 0 Å². The van der Waals surface area contributed by atoms with E-state index in [0.717, 1.165) is 12.2 Å². The van der Waals surface area contributed by atoms with Gasteiger partial charge >= 0.3 is 0 Å². The zero-order chi connectivity index (χ0) is 12.4. The van der Waals surface area contributed by atoms with Crippen molar-refractivity contribution in [1.29, 1.82) is 0 Å². The van der Waals surface area contributed by atoms with Gasteiger partial charge in [-0.1, -0.05) is 18.6 Å². The van der Waals surface area contributed by atoms with Crippen molar-refractivity contribution >= 4 is 11.8 Å². The summed E-state index contributed by atoms with van der Waals surface area (Å²) in [6.07, 6.45) is 5.26. The van der Waals surface area contributed by atoms with E-state index in [9.17, 15) is 0 Å². The molecule has 0 saturated carbocycles. The first-order chi connectivity index (χ1) is 7.65. The lowest BCUT2D eigenvalue weighted by Gasteiger charge is -2.12. The molecule has 0 heterocycles. The molecule has 0 amide bonds. The number of hydrogen-bond acceptors (Lipinski definition) is 3. The molecule has 0 N–H and O–H groups in total. The maximum atomic E-state index is 5.27.